The van der Waals surface area contributed by atoms with Crippen LogP contribution in [0.1, 0.15) is 98.3 Å². The zero-order chi connectivity index (χ0) is 59.1. The van der Waals surface area contributed by atoms with E-state index in [9.17, 15) is 57.5 Å². The molecule has 0 radical (unpaired) electrons. The average Bonchev–Trinajstić information content (AvgIpc) is 3.41. The standard InChI is InChI=1S/C56H78N10O13/c1-11-34(8)48-55(77)66(10)41(27-36-18-13-12-14-19-36)51(73)64-46(32(4)5)52(74)59-29-44(70)58-30-45(71)63-47(33(6)7)53(75)61-40(26-31(2)3)56(78)79-35(9)49(54(76)60-39(28-42(57)68)50(72)65-48)62-43(69)24-23-38-21-16-15-20-37(38)22-17-25-67/h12-25,31-35,39-41,46-49H,11,26-30H2,1-10H3,(H2,57,68)(H,58,70)(H,59,74)(H,60,76)(H,61,75)(H,62,69)(H,63,71)(H,64,73)(H,65,72)/b22-17+,24-23+/t34-,35-,39-,40+,41+,46-,47-,48+,49-/m1/s1. The fraction of sp³-hybridized carbons (Fsp3) is 0.500. The third kappa shape index (κ3) is 20.9. The lowest BCUT2D eigenvalue weighted by molar-refractivity contribution is -0.156. The van der Waals surface area contributed by atoms with Gasteiger partial charge in [0.25, 0.3) is 0 Å². The fourth-order valence-electron chi connectivity index (χ4n) is 8.29. The molecule has 23 nitrogen and oxygen atoms in total. The van der Waals surface area contributed by atoms with E-state index < -0.39 is 151 Å². The minimum atomic E-state index is -1.83. The van der Waals surface area contributed by atoms with Crippen molar-refractivity contribution in [1.29, 1.82) is 0 Å². The number of carbonyl (C=O) groups excluding carboxylic acids is 12. The summed E-state index contributed by atoms with van der Waals surface area (Å²) in [4.78, 5) is 165. The number of nitrogens with two attached hydrogens (primary N) is 1. The predicted octanol–water partition coefficient (Wildman–Crippen LogP) is 0.348. The number of cyclic esters (lactones) is 1. The Bertz CT molecular complexity index is 2570. The molecule has 2 aromatic rings. The highest BCUT2D eigenvalue weighted by atomic mass is 16.5. The number of amides is 10. The molecule has 10 amide bonds. The van der Waals surface area contributed by atoms with Gasteiger partial charge < -0.3 is 57.9 Å². The summed E-state index contributed by atoms with van der Waals surface area (Å²) in [6.45, 7) is 13.5. The van der Waals surface area contributed by atoms with Gasteiger partial charge in [0.2, 0.25) is 59.1 Å². The second-order valence-corrected chi connectivity index (χ2v) is 20.5. The number of hydrogen-bond acceptors (Lipinski definition) is 13. The normalized spacial score (nSPS) is 23.8. The maximum absolute atomic E-state index is 14.8. The molecule has 430 valence electrons. The van der Waals surface area contributed by atoms with Crippen molar-refractivity contribution in [3.8, 4) is 0 Å². The van der Waals surface area contributed by atoms with Crippen LogP contribution in [-0.2, 0) is 68.7 Å². The lowest BCUT2D eigenvalue weighted by Crippen LogP contribution is -2.62. The Balaban J connectivity index is 2.22. The molecule has 0 saturated carbocycles. The molecular formula is C56H78N10O13. The van der Waals surface area contributed by atoms with Gasteiger partial charge in [-0.1, -0.05) is 122 Å². The maximum Gasteiger partial charge on any atom is 0.328 e. The first-order valence-corrected chi connectivity index (χ1v) is 26.3. The SMILES string of the molecule is CC[C@@H](C)[C@@H]1NC(=O)[C@@H](CC(N)=O)NC(=O)[C@H](NC(=O)/C=C/c2ccccc2/C=C/C=O)[C@@H](C)OC(=O)[C@H](CC(C)C)NC(=O)[C@@H](C(C)C)NC(=O)CNC(=O)CNC(=O)[C@@H](C(C)C)NC(=O)[C@H](Cc2ccccc2)N(C)C1=O. The van der Waals surface area contributed by atoms with Crippen molar-refractivity contribution in [2.24, 2.45) is 29.4 Å². The molecule has 1 fully saturated rings. The largest absolute Gasteiger partial charge is 0.458 e. The molecule has 1 saturated heterocycles. The predicted molar refractivity (Wildman–Crippen MR) is 293 cm³/mol. The van der Waals surface area contributed by atoms with Crippen molar-refractivity contribution < 1.29 is 62.3 Å². The number of likely N-dealkylation sites (N-methyl/N-ethyl adjacent to an activating group) is 1. The summed E-state index contributed by atoms with van der Waals surface area (Å²) in [5.74, 6) is -12.0. The molecule has 0 aliphatic carbocycles. The lowest BCUT2D eigenvalue weighted by Gasteiger charge is -2.35. The van der Waals surface area contributed by atoms with Crippen LogP contribution in [0.2, 0.25) is 0 Å². The van der Waals surface area contributed by atoms with Crippen molar-refractivity contribution in [1.82, 2.24) is 47.4 Å². The molecule has 0 bridgehead atoms. The van der Waals surface area contributed by atoms with Crippen LogP contribution >= 0.6 is 0 Å². The van der Waals surface area contributed by atoms with Gasteiger partial charge in [0.1, 0.15) is 54.7 Å². The summed E-state index contributed by atoms with van der Waals surface area (Å²) < 4.78 is 5.82. The first-order chi connectivity index (χ1) is 37.3. The molecule has 79 heavy (non-hydrogen) atoms. The summed E-state index contributed by atoms with van der Waals surface area (Å²) >= 11 is 0. The molecule has 10 N–H and O–H groups in total. The van der Waals surface area contributed by atoms with Gasteiger partial charge in [-0.15, -0.1) is 0 Å². The smallest absolute Gasteiger partial charge is 0.328 e. The van der Waals surface area contributed by atoms with Crippen molar-refractivity contribution in [2.45, 2.75) is 136 Å². The highest BCUT2D eigenvalue weighted by Crippen LogP contribution is 2.18. The number of nitrogens with one attached hydrogen (secondary N) is 8. The van der Waals surface area contributed by atoms with E-state index in [0.29, 0.717) is 29.4 Å². The summed E-state index contributed by atoms with van der Waals surface area (Å²) in [6.07, 6.45) is 3.60. The Hall–Kier alpha value is -8.24. The van der Waals surface area contributed by atoms with Crippen LogP contribution in [0.25, 0.3) is 12.2 Å². The van der Waals surface area contributed by atoms with Gasteiger partial charge in [-0.25, -0.2) is 4.79 Å². The van der Waals surface area contributed by atoms with Gasteiger partial charge in [0.15, 0.2) is 0 Å². The second kappa shape index (κ2) is 31.9. The number of ether oxygens (including phenoxy) is 1. The Morgan fingerprint density at radius 2 is 1.27 bits per heavy atom. The molecule has 1 aliphatic rings. The number of rotatable bonds is 15. The van der Waals surface area contributed by atoms with Crippen LogP contribution in [0.5, 0.6) is 0 Å². The van der Waals surface area contributed by atoms with E-state index in [-0.39, 0.29) is 18.8 Å². The first-order valence-electron chi connectivity index (χ1n) is 26.3. The number of carbonyl (C=O) groups is 12. The Labute approximate surface area is 461 Å². The topological polar surface area (TPSA) is 340 Å². The van der Waals surface area contributed by atoms with Gasteiger partial charge in [0.05, 0.1) is 19.5 Å². The summed E-state index contributed by atoms with van der Waals surface area (Å²) in [6, 6.07) is 5.12. The molecule has 0 unspecified atom stereocenters. The molecule has 23 heteroatoms. The van der Waals surface area contributed by atoms with Crippen LogP contribution < -0.4 is 48.3 Å². The van der Waals surface area contributed by atoms with Crippen molar-refractivity contribution >= 4 is 83.5 Å². The minimum absolute atomic E-state index is 0.0117. The summed E-state index contributed by atoms with van der Waals surface area (Å²) in [5.41, 5.74) is 7.30. The van der Waals surface area contributed by atoms with Gasteiger partial charge in [-0.3, -0.25) is 52.7 Å². The first kappa shape index (κ1) is 65.0. The summed E-state index contributed by atoms with van der Waals surface area (Å²) in [7, 11) is 1.34. The van der Waals surface area contributed by atoms with Crippen LogP contribution in [-0.4, -0.2) is 145 Å². The fourth-order valence-corrected chi connectivity index (χ4v) is 8.29. The number of benzene rings is 2. The van der Waals surface area contributed by atoms with E-state index in [4.69, 9.17) is 10.5 Å². The zero-order valence-corrected chi connectivity index (χ0v) is 46.6. The van der Waals surface area contributed by atoms with E-state index in [1.54, 1.807) is 110 Å². The molecule has 0 aromatic heterocycles. The third-order valence-corrected chi connectivity index (χ3v) is 13.0. The van der Waals surface area contributed by atoms with Crippen molar-refractivity contribution in [3.05, 3.63) is 83.4 Å². The summed E-state index contributed by atoms with van der Waals surface area (Å²) in [5, 5.41) is 20.3. The monoisotopic (exact) mass is 1100 g/mol. The van der Waals surface area contributed by atoms with E-state index >= 15 is 0 Å². The van der Waals surface area contributed by atoms with E-state index in [0.717, 1.165) is 11.0 Å². The Kier molecular flexibility index (Phi) is 26.2. The molecule has 2 aromatic carbocycles. The lowest BCUT2D eigenvalue weighted by atomic mass is 9.95. The van der Waals surface area contributed by atoms with Crippen LogP contribution in [0, 0.1) is 23.7 Å². The van der Waals surface area contributed by atoms with E-state index in [1.807, 2.05) is 0 Å². The third-order valence-electron chi connectivity index (χ3n) is 13.0. The number of nitrogens with zero attached hydrogens (tertiary/aromatic N) is 1. The highest BCUT2D eigenvalue weighted by molar-refractivity contribution is 6.00. The molecule has 1 heterocycles. The number of esters is 1. The number of allylic oxidation sites excluding steroid dienone is 1. The maximum atomic E-state index is 14.8. The van der Waals surface area contributed by atoms with Crippen molar-refractivity contribution in [3.63, 3.8) is 0 Å². The van der Waals surface area contributed by atoms with Gasteiger partial charge in [-0.05, 0) is 65.9 Å². The van der Waals surface area contributed by atoms with E-state index in [2.05, 4.69) is 42.5 Å². The number of aldehydes is 1. The number of hydrogen-bond donors (Lipinski definition) is 9. The molecule has 9 atom stereocenters. The quantitative estimate of drug-likeness (QED) is 0.0662. The highest BCUT2D eigenvalue weighted by Gasteiger charge is 2.40. The zero-order valence-electron chi connectivity index (χ0n) is 46.6. The molecular weight excluding hydrogens is 1020 g/mol. The van der Waals surface area contributed by atoms with Crippen LogP contribution in [0.3, 0.4) is 0 Å². The average molecular weight is 1100 g/mol. The van der Waals surface area contributed by atoms with Gasteiger partial charge >= 0.3 is 5.97 Å². The molecule has 0 spiro atoms. The molecule has 1 aliphatic heterocycles. The van der Waals surface area contributed by atoms with Crippen LogP contribution in [0.15, 0.2) is 66.7 Å². The Morgan fingerprint density at radius 3 is 1.85 bits per heavy atom. The number of primary amides is 1. The van der Waals surface area contributed by atoms with Crippen LogP contribution in [0.4, 0.5) is 0 Å². The van der Waals surface area contributed by atoms with Crippen molar-refractivity contribution in [2.75, 3.05) is 20.1 Å². The van der Waals surface area contributed by atoms with E-state index in [1.165, 1.54) is 32.2 Å². The van der Waals surface area contributed by atoms with Gasteiger partial charge in [0, 0.05) is 19.5 Å². The Morgan fingerprint density at radius 1 is 0.696 bits per heavy atom. The van der Waals surface area contributed by atoms with Gasteiger partial charge in [-0.2, -0.15) is 0 Å². The molecule has 3 rings (SSSR count). The minimum Gasteiger partial charge on any atom is -0.458 e. The second-order valence-electron chi connectivity index (χ2n) is 20.5.